The number of carbonyl (C=O) groups excluding carboxylic acids is 1. The Balaban J connectivity index is 2.51. The molecule has 2 aromatic rings. The van der Waals surface area contributed by atoms with E-state index in [9.17, 15) is 4.79 Å². The van der Waals surface area contributed by atoms with E-state index in [-0.39, 0.29) is 11.2 Å². The Labute approximate surface area is 103 Å². The summed E-state index contributed by atoms with van der Waals surface area (Å²) < 4.78 is 8.15. The topological polar surface area (TPSA) is 54.9 Å². The molecule has 0 aliphatic heterocycles. The predicted molar refractivity (Wildman–Crippen MR) is 64.8 cm³/mol. The normalized spacial score (nSPS) is 10.5. The van der Waals surface area contributed by atoms with Crippen LogP contribution in [0.15, 0.2) is 12.1 Å². The van der Waals surface area contributed by atoms with Gasteiger partial charge in [-0.1, -0.05) is 27.5 Å². The number of hydrogen-bond acceptors (Lipinski definition) is 4. The smallest absolute Gasteiger partial charge is 0.235 e. The van der Waals surface area contributed by atoms with Gasteiger partial charge in [0, 0.05) is 0 Å². The van der Waals surface area contributed by atoms with Gasteiger partial charge >= 0.3 is 0 Å². The Bertz CT molecular complexity index is 516. The number of nitrogens with zero attached hydrogens (tertiary/aromatic N) is 2. The van der Waals surface area contributed by atoms with Crippen molar-refractivity contribution in [1.82, 2.24) is 8.75 Å². The highest BCUT2D eigenvalue weighted by Crippen LogP contribution is 2.29. The minimum absolute atomic E-state index is 0.169. The SMILES string of the molecule is O=C(CBr)Nc1c(Cl)ccc2nsnc12. The molecule has 0 radical (unpaired) electrons. The molecule has 0 spiro atoms. The fourth-order valence-electron chi connectivity index (χ4n) is 1.12. The van der Waals surface area contributed by atoms with Crippen LogP contribution in [0.3, 0.4) is 0 Å². The standard InChI is InChI=1S/C8H5BrClN3OS/c9-3-6(14)11-7-4(10)1-2-5-8(7)13-15-12-5/h1-2H,3H2,(H,11,14). The lowest BCUT2D eigenvalue weighted by molar-refractivity contribution is -0.113. The Morgan fingerprint density at radius 2 is 2.33 bits per heavy atom. The minimum Gasteiger partial charge on any atom is -0.322 e. The molecule has 0 bridgehead atoms. The van der Waals surface area contributed by atoms with Crippen LogP contribution in [-0.4, -0.2) is 20.0 Å². The summed E-state index contributed by atoms with van der Waals surface area (Å²) in [7, 11) is 0. The number of rotatable bonds is 2. The lowest BCUT2D eigenvalue weighted by atomic mass is 10.2. The number of amides is 1. The van der Waals surface area contributed by atoms with Crippen molar-refractivity contribution in [2.24, 2.45) is 0 Å². The first-order chi connectivity index (χ1) is 7.22. The average Bonchev–Trinajstić information content (AvgIpc) is 2.70. The molecule has 0 saturated heterocycles. The first kappa shape index (κ1) is 10.8. The van der Waals surface area contributed by atoms with Gasteiger partial charge in [-0.15, -0.1) is 0 Å². The second-order valence-electron chi connectivity index (χ2n) is 2.74. The summed E-state index contributed by atoms with van der Waals surface area (Å²) in [6.45, 7) is 0. The van der Waals surface area contributed by atoms with Gasteiger partial charge in [-0.25, -0.2) is 0 Å². The molecule has 0 fully saturated rings. The molecule has 0 atom stereocenters. The number of nitrogens with one attached hydrogen (secondary N) is 1. The number of fused-ring (bicyclic) bond motifs is 1. The second-order valence-corrected chi connectivity index (χ2v) is 4.23. The number of aromatic nitrogens is 2. The summed E-state index contributed by atoms with van der Waals surface area (Å²) >= 11 is 10.1. The van der Waals surface area contributed by atoms with Gasteiger partial charge in [0.05, 0.1) is 27.8 Å². The van der Waals surface area contributed by atoms with Crippen LogP contribution in [0.4, 0.5) is 5.69 Å². The largest absolute Gasteiger partial charge is 0.322 e. The summed E-state index contributed by atoms with van der Waals surface area (Å²) in [4.78, 5) is 11.2. The van der Waals surface area contributed by atoms with Crippen molar-refractivity contribution in [2.45, 2.75) is 0 Å². The number of carbonyl (C=O) groups is 1. The summed E-state index contributed by atoms with van der Waals surface area (Å²) in [5.41, 5.74) is 1.88. The maximum Gasteiger partial charge on any atom is 0.235 e. The highest BCUT2D eigenvalue weighted by Gasteiger charge is 2.11. The number of hydrogen-bond donors (Lipinski definition) is 1. The third-order valence-electron chi connectivity index (χ3n) is 1.76. The van der Waals surface area contributed by atoms with Crippen LogP contribution in [0, 0.1) is 0 Å². The Morgan fingerprint density at radius 1 is 1.53 bits per heavy atom. The molecule has 4 nitrogen and oxygen atoms in total. The molecule has 1 aromatic heterocycles. The maximum absolute atomic E-state index is 11.2. The zero-order valence-electron chi connectivity index (χ0n) is 7.33. The monoisotopic (exact) mass is 305 g/mol. The number of anilines is 1. The van der Waals surface area contributed by atoms with E-state index >= 15 is 0 Å². The summed E-state index contributed by atoms with van der Waals surface area (Å²) in [5, 5.41) is 3.36. The Morgan fingerprint density at radius 3 is 3.07 bits per heavy atom. The van der Waals surface area contributed by atoms with E-state index in [1.807, 2.05) is 0 Å². The van der Waals surface area contributed by atoms with Gasteiger partial charge in [0.2, 0.25) is 5.91 Å². The summed E-state index contributed by atoms with van der Waals surface area (Å²) in [6.07, 6.45) is 0. The number of alkyl halides is 1. The van der Waals surface area contributed by atoms with Crippen LogP contribution < -0.4 is 5.32 Å². The summed E-state index contributed by atoms with van der Waals surface area (Å²) in [6, 6.07) is 3.46. The molecular formula is C8H5BrClN3OS. The molecule has 0 aliphatic carbocycles. The predicted octanol–water partition coefficient (Wildman–Crippen LogP) is 2.68. The van der Waals surface area contributed by atoms with Crippen molar-refractivity contribution >= 4 is 61.9 Å². The van der Waals surface area contributed by atoms with Gasteiger partial charge in [0.25, 0.3) is 0 Å². The molecular weight excluding hydrogens is 302 g/mol. The van der Waals surface area contributed by atoms with Gasteiger partial charge in [-0.05, 0) is 12.1 Å². The fourth-order valence-corrected chi connectivity index (χ4v) is 2.00. The van der Waals surface area contributed by atoms with Gasteiger partial charge < -0.3 is 5.32 Å². The minimum atomic E-state index is -0.169. The number of halogens is 2. The van der Waals surface area contributed by atoms with Crippen LogP contribution in [0.2, 0.25) is 5.02 Å². The second kappa shape index (κ2) is 4.42. The van der Waals surface area contributed by atoms with E-state index in [0.29, 0.717) is 16.2 Å². The van der Waals surface area contributed by atoms with Crippen molar-refractivity contribution < 1.29 is 4.79 Å². The molecule has 1 heterocycles. The average molecular weight is 307 g/mol. The van der Waals surface area contributed by atoms with Crippen molar-refractivity contribution in [3.63, 3.8) is 0 Å². The Hall–Kier alpha value is -0.720. The zero-order valence-corrected chi connectivity index (χ0v) is 10.5. The third-order valence-corrected chi connectivity index (χ3v) is 3.13. The van der Waals surface area contributed by atoms with Crippen LogP contribution in [0.1, 0.15) is 0 Å². The molecule has 2 rings (SSSR count). The van der Waals surface area contributed by atoms with Crippen LogP contribution in [0.25, 0.3) is 11.0 Å². The number of benzene rings is 1. The maximum atomic E-state index is 11.2. The van der Waals surface area contributed by atoms with E-state index in [1.54, 1.807) is 12.1 Å². The van der Waals surface area contributed by atoms with Crippen molar-refractivity contribution in [3.8, 4) is 0 Å². The van der Waals surface area contributed by atoms with E-state index in [4.69, 9.17) is 11.6 Å². The quantitative estimate of drug-likeness (QED) is 0.868. The van der Waals surface area contributed by atoms with E-state index < -0.39 is 0 Å². The lowest BCUT2D eigenvalue weighted by Crippen LogP contribution is -2.12. The summed E-state index contributed by atoms with van der Waals surface area (Å²) in [5.74, 6) is -0.169. The third kappa shape index (κ3) is 2.11. The molecule has 1 amide bonds. The highest BCUT2D eigenvalue weighted by atomic mass is 79.9. The molecule has 78 valence electrons. The first-order valence-corrected chi connectivity index (χ1v) is 6.22. The fraction of sp³-hybridized carbons (Fsp3) is 0.125. The van der Waals surface area contributed by atoms with Gasteiger partial charge in [-0.2, -0.15) is 8.75 Å². The van der Waals surface area contributed by atoms with Gasteiger partial charge in [0.1, 0.15) is 11.0 Å². The molecule has 0 unspecified atom stereocenters. The van der Waals surface area contributed by atoms with Crippen molar-refractivity contribution in [1.29, 1.82) is 0 Å². The van der Waals surface area contributed by atoms with E-state index in [2.05, 4.69) is 30.0 Å². The van der Waals surface area contributed by atoms with Crippen LogP contribution in [-0.2, 0) is 4.79 Å². The lowest BCUT2D eigenvalue weighted by Gasteiger charge is -2.05. The van der Waals surface area contributed by atoms with Crippen molar-refractivity contribution in [2.75, 3.05) is 10.6 Å². The molecule has 0 saturated carbocycles. The molecule has 1 aromatic carbocycles. The van der Waals surface area contributed by atoms with Crippen LogP contribution >= 0.6 is 39.3 Å². The zero-order chi connectivity index (χ0) is 10.8. The van der Waals surface area contributed by atoms with Crippen molar-refractivity contribution in [3.05, 3.63) is 17.2 Å². The molecule has 0 aliphatic rings. The van der Waals surface area contributed by atoms with Gasteiger partial charge in [-0.3, -0.25) is 4.79 Å². The molecule has 15 heavy (non-hydrogen) atoms. The Kier molecular flexibility index (Phi) is 3.18. The van der Waals surface area contributed by atoms with Crippen LogP contribution in [0.5, 0.6) is 0 Å². The van der Waals surface area contributed by atoms with E-state index in [1.165, 1.54) is 0 Å². The highest BCUT2D eigenvalue weighted by molar-refractivity contribution is 9.09. The first-order valence-electron chi connectivity index (χ1n) is 3.99. The van der Waals surface area contributed by atoms with E-state index in [0.717, 1.165) is 17.2 Å². The van der Waals surface area contributed by atoms with Gasteiger partial charge in [0.15, 0.2) is 0 Å². The molecule has 7 heteroatoms. The molecule has 1 N–H and O–H groups in total.